The smallest absolute Gasteiger partial charge is 0.0995 e. The molecule has 1 rings (SSSR count). The molecule has 1 atom stereocenters. The van der Waals surface area contributed by atoms with Gasteiger partial charge < -0.3 is 10.6 Å². The van der Waals surface area contributed by atoms with E-state index < -0.39 is 0 Å². The van der Waals surface area contributed by atoms with Gasteiger partial charge in [0.25, 0.3) is 0 Å². The van der Waals surface area contributed by atoms with Gasteiger partial charge in [0.05, 0.1) is 11.8 Å². The molecule has 3 nitrogen and oxygen atoms in total. The Bertz CT molecular complexity index is 359. The van der Waals surface area contributed by atoms with Crippen molar-refractivity contribution in [1.82, 2.24) is 4.90 Å². The molecule has 0 saturated heterocycles. The Balaban J connectivity index is 2.62. The number of benzene rings is 1. The molecular formula is C15H25N3. The monoisotopic (exact) mass is 247 g/mol. The van der Waals surface area contributed by atoms with E-state index in [0.29, 0.717) is 5.92 Å². The Kier molecular flexibility index (Phi) is 5.86. The molecule has 0 aliphatic carbocycles. The van der Waals surface area contributed by atoms with Crippen molar-refractivity contribution < 1.29 is 0 Å². The van der Waals surface area contributed by atoms with Crippen LogP contribution in [-0.2, 0) is 0 Å². The van der Waals surface area contributed by atoms with Gasteiger partial charge in [-0.2, -0.15) is 0 Å². The summed E-state index contributed by atoms with van der Waals surface area (Å²) in [4.78, 5) is 2.26. The minimum absolute atomic E-state index is 0.00311. The quantitative estimate of drug-likeness (QED) is 0.575. The van der Waals surface area contributed by atoms with Crippen LogP contribution in [0.2, 0.25) is 0 Å². The highest BCUT2D eigenvalue weighted by molar-refractivity contribution is 5.84. The van der Waals surface area contributed by atoms with E-state index in [1.807, 2.05) is 30.3 Å². The van der Waals surface area contributed by atoms with Gasteiger partial charge in [0.1, 0.15) is 0 Å². The molecule has 0 radical (unpaired) electrons. The Morgan fingerprint density at radius 2 is 1.89 bits per heavy atom. The highest BCUT2D eigenvalue weighted by Gasteiger charge is 2.16. The summed E-state index contributed by atoms with van der Waals surface area (Å²) >= 11 is 0. The molecule has 0 spiro atoms. The van der Waals surface area contributed by atoms with Crippen molar-refractivity contribution in [2.75, 3.05) is 20.1 Å². The van der Waals surface area contributed by atoms with Gasteiger partial charge in [-0.25, -0.2) is 0 Å². The molecular weight excluding hydrogens is 222 g/mol. The first-order valence-electron chi connectivity index (χ1n) is 6.58. The van der Waals surface area contributed by atoms with Crippen molar-refractivity contribution in [1.29, 1.82) is 5.41 Å². The number of amidine groups is 1. The lowest BCUT2D eigenvalue weighted by atomic mass is 9.97. The van der Waals surface area contributed by atoms with E-state index in [9.17, 15) is 0 Å². The largest absolute Gasteiger partial charge is 0.387 e. The van der Waals surface area contributed by atoms with Crippen LogP contribution in [0.15, 0.2) is 30.3 Å². The lowest BCUT2D eigenvalue weighted by Gasteiger charge is -2.24. The first-order chi connectivity index (χ1) is 8.50. The molecule has 18 heavy (non-hydrogen) atoms. The lowest BCUT2D eigenvalue weighted by Crippen LogP contribution is -2.33. The van der Waals surface area contributed by atoms with Gasteiger partial charge in [-0.15, -0.1) is 0 Å². The van der Waals surface area contributed by atoms with Gasteiger partial charge in [0.15, 0.2) is 0 Å². The van der Waals surface area contributed by atoms with Crippen LogP contribution in [0.3, 0.4) is 0 Å². The van der Waals surface area contributed by atoms with Crippen LogP contribution in [0.1, 0.15) is 31.7 Å². The van der Waals surface area contributed by atoms with Crippen molar-refractivity contribution in [2.24, 2.45) is 11.7 Å². The predicted molar refractivity (Wildman–Crippen MR) is 78.0 cm³/mol. The highest BCUT2D eigenvalue weighted by atomic mass is 15.1. The second-order valence-corrected chi connectivity index (χ2v) is 5.36. The Morgan fingerprint density at radius 1 is 1.28 bits per heavy atom. The molecule has 0 saturated carbocycles. The van der Waals surface area contributed by atoms with E-state index >= 15 is 0 Å². The molecule has 0 bridgehead atoms. The lowest BCUT2D eigenvalue weighted by molar-refractivity contribution is 0.307. The van der Waals surface area contributed by atoms with E-state index in [4.69, 9.17) is 11.1 Å². The van der Waals surface area contributed by atoms with Crippen molar-refractivity contribution in [3.05, 3.63) is 35.9 Å². The number of hydrogen-bond acceptors (Lipinski definition) is 2. The van der Waals surface area contributed by atoms with Gasteiger partial charge >= 0.3 is 0 Å². The molecule has 0 fully saturated rings. The van der Waals surface area contributed by atoms with Crippen molar-refractivity contribution in [3.63, 3.8) is 0 Å². The molecule has 0 heterocycles. The molecule has 1 aromatic carbocycles. The summed E-state index contributed by atoms with van der Waals surface area (Å²) in [5, 5.41) is 7.75. The number of hydrogen-bond donors (Lipinski definition) is 2. The number of nitrogens with zero attached hydrogens (tertiary/aromatic N) is 1. The van der Waals surface area contributed by atoms with Crippen molar-refractivity contribution in [2.45, 2.75) is 26.2 Å². The topological polar surface area (TPSA) is 53.1 Å². The van der Waals surface area contributed by atoms with Crippen LogP contribution in [0, 0.1) is 11.3 Å². The van der Waals surface area contributed by atoms with Crippen LogP contribution in [-0.4, -0.2) is 30.9 Å². The average molecular weight is 247 g/mol. The minimum atomic E-state index is 0.00311. The first-order valence-corrected chi connectivity index (χ1v) is 6.58. The number of nitrogens with two attached hydrogens (primary N) is 1. The maximum Gasteiger partial charge on any atom is 0.0995 e. The molecule has 0 amide bonds. The third-order valence-corrected chi connectivity index (χ3v) is 3.16. The summed E-state index contributed by atoms with van der Waals surface area (Å²) in [6.07, 6.45) is 1.18. The van der Waals surface area contributed by atoms with E-state index in [1.165, 1.54) is 6.42 Å². The zero-order valence-corrected chi connectivity index (χ0v) is 11.7. The Labute approximate surface area is 111 Å². The molecule has 3 heteroatoms. The van der Waals surface area contributed by atoms with Gasteiger partial charge in [0, 0.05) is 6.54 Å². The van der Waals surface area contributed by atoms with Crippen molar-refractivity contribution in [3.8, 4) is 0 Å². The standard InChI is InChI=1S/C15H25N3/c1-12(2)9-10-18(3)11-14(15(16)17)13-7-5-4-6-8-13/h4-8,12,14H,9-11H2,1-3H3,(H3,16,17). The fourth-order valence-electron chi connectivity index (χ4n) is 1.95. The minimum Gasteiger partial charge on any atom is -0.387 e. The molecule has 0 aromatic heterocycles. The maximum atomic E-state index is 7.75. The number of nitrogens with one attached hydrogen (secondary N) is 1. The summed E-state index contributed by atoms with van der Waals surface area (Å²) in [5.41, 5.74) is 6.86. The molecule has 3 N–H and O–H groups in total. The third-order valence-electron chi connectivity index (χ3n) is 3.16. The van der Waals surface area contributed by atoms with Gasteiger partial charge in [-0.3, -0.25) is 5.41 Å². The van der Waals surface area contributed by atoms with Gasteiger partial charge in [0.2, 0.25) is 0 Å². The van der Waals surface area contributed by atoms with Crippen molar-refractivity contribution >= 4 is 5.84 Å². The molecule has 0 aliphatic heterocycles. The fourth-order valence-corrected chi connectivity index (χ4v) is 1.95. The summed E-state index contributed by atoms with van der Waals surface area (Å²) in [5.74, 6) is 0.959. The molecule has 1 unspecified atom stereocenters. The fraction of sp³-hybridized carbons (Fsp3) is 0.533. The van der Waals surface area contributed by atoms with Crippen LogP contribution in [0.4, 0.5) is 0 Å². The Hall–Kier alpha value is -1.35. The molecule has 0 aliphatic rings. The zero-order chi connectivity index (χ0) is 13.5. The van der Waals surface area contributed by atoms with Gasteiger partial charge in [-0.05, 0) is 31.5 Å². The van der Waals surface area contributed by atoms with E-state index in [1.54, 1.807) is 0 Å². The second-order valence-electron chi connectivity index (χ2n) is 5.36. The predicted octanol–water partition coefficient (Wildman–Crippen LogP) is 2.68. The normalized spacial score (nSPS) is 12.9. The van der Waals surface area contributed by atoms with Crippen LogP contribution >= 0.6 is 0 Å². The van der Waals surface area contributed by atoms with Crippen LogP contribution in [0.5, 0.6) is 0 Å². The maximum absolute atomic E-state index is 7.75. The number of rotatable bonds is 7. The van der Waals surface area contributed by atoms with Crippen LogP contribution < -0.4 is 5.73 Å². The highest BCUT2D eigenvalue weighted by Crippen LogP contribution is 2.16. The second kappa shape index (κ2) is 7.17. The van der Waals surface area contributed by atoms with Crippen LogP contribution in [0.25, 0.3) is 0 Å². The molecule has 100 valence electrons. The van der Waals surface area contributed by atoms with E-state index in [0.717, 1.165) is 18.7 Å². The van der Waals surface area contributed by atoms with Gasteiger partial charge in [-0.1, -0.05) is 44.2 Å². The first kappa shape index (κ1) is 14.7. The summed E-state index contributed by atoms with van der Waals surface area (Å²) in [6.45, 7) is 6.32. The number of likely N-dealkylation sites (N-methyl/N-ethyl adjacent to an activating group) is 1. The summed E-state index contributed by atoms with van der Waals surface area (Å²) < 4.78 is 0. The third kappa shape index (κ3) is 4.88. The molecule has 1 aromatic rings. The SMILES string of the molecule is CC(C)CCN(C)CC(C(=N)N)c1ccccc1. The Morgan fingerprint density at radius 3 is 2.39 bits per heavy atom. The van der Waals surface area contributed by atoms with E-state index in [2.05, 4.69) is 25.8 Å². The van der Waals surface area contributed by atoms with E-state index in [-0.39, 0.29) is 11.8 Å². The average Bonchev–Trinajstić information content (AvgIpc) is 2.34. The summed E-state index contributed by atoms with van der Waals surface area (Å²) in [7, 11) is 2.10. The summed E-state index contributed by atoms with van der Waals surface area (Å²) in [6, 6.07) is 10.1. The zero-order valence-electron chi connectivity index (χ0n) is 11.7.